The fourth-order valence-electron chi connectivity index (χ4n) is 3.07. The van der Waals surface area contributed by atoms with Crippen LogP contribution in [-0.2, 0) is 4.79 Å². The fraction of sp³-hybridized carbons (Fsp3) is 0.562. The summed E-state index contributed by atoms with van der Waals surface area (Å²) in [7, 11) is 1.64. The first kappa shape index (κ1) is 14.7. The van der Waals surface area contributed by atoms with Crippen LogP contribution in [-0.4, -0.2) is 19.1 Å². The average Bonchev–Trinajstić information content (AvgIpc) is 2.45. The highest BCUT2D eigenvalue weighted by molar-refractivity contribution is 5.83. The molecule has 0 aromatic heterocycles. The van der Waals surface area contributed by atoms with Crippen molar-refractivity contribution >= 4 is 11.6 Å². The molecule has 3 atom stereocenters. The molecule has 2 rings (SSSR count). The number of ether oxygens (including phenoxy) is 1. The molecule has 110 valence electrons. The minimum atomic E-state index is -0.286. The molecule has 4 heteroatoms. The predicted octanol–water partition coefficient (Wildman–Crippen LogP) is 2.79. The molecule has 0 heterocycles. The van der Waals surface area contributed by atoms with Crippen LogP contribution in [0.25, 0.3) is 0 Å². The van der Waals surface area contributed by atoms with E-state index in [2.05, 4.69) is 12.2 Å². The standard InChI is InChI=1S/C16H24N2O2/c1-11-4-3-5-12(10-11)15(16(17)19)18-13-6-8-14(20-2)9-7-13/h6-9,11-12,15,18H,3-5,10H2,1-2H3,(H2,17,19). The molecule has 1 aromatic carbocycles. The Hall–Kier alpha value is -1.71. The Morgan fingerprint density at radius 1 is 1.35 bits per heavy atom. The number of hydrogen-bond acceptors (Lipinski definition) is 3. The molecule has 0 saturated heterocycles. The van der Waals surface area contributed by atoms with Crippen LogP contribution in [0.4, 0.5) is 5.69 Å². The summed E-state index contributed by atoms with van der Waals surface area (Å²) in [6, 6.07) is 7.31. The molecule has 1 amide bonds. The highest BCUT2D eigenvalue weighted by Crippen LogP contribution is 2.32. The first-order valence-electron chi connectivity index (χ1n) is 7.30. The van der Waals surface area contributed by atoms with E-state index in [0.717, 1.165) is 24.3 Å². The summed E-state index contributed by atoms with van der Waals surface area (Å²) in [6.07, 6.45) is 4.57. The Morgan fingerprint density at radius 3 is 2.60 bits per heavy atom. The summed E-state index contributed by atoms with van der Waals surface area (Å²) in [4.78, 5) is 11.8. The van der Waals surface area contributed by atoms with Gasteiger partial charge in [0.25, 0.3) is 0 Å². The lowest BCUT2D eigenvalue weighted by Crippen LogP contribution is -2.43. The Morgan fingerprint density at radius 2 is 2.05 bits per heavy atom. The van der Waals surface area contributed by atoms with Gasteiger partial charge in [-0.2, -0.15) is 0 Å². The number of carbonyl (C=O) groups excluding carboxylic acids is 1. The van der Waals surface area contributed by atoms with Crippen molar-refractivity contribution in [3.63, 3.8) is 0 Å². The van der Waals surface area contributed by atoms with E-state index < -0.39 is 0 Å². The van der Waals surface area contributed by atoms with Gasteiger partial charge in [-0.05, 0) is 48.9 Å². The predicted molar refractivity (Wildman–Crippen MR) is 80.7 cm³/mol. The molecule has 3 unspecified atom stereocenters. The normalized spacial score (nSPS) is 23.9. The topological polar surface area (TPSA) is 64.3 Å². The third kappa shape index (κ3) is 3.65. The van der Waals surface area contributed by atoms with Crippen LogP contribution in [0.15, 0.2) is 24.3 Å². The van der Waals surface area contributed by atoms with Gasteiger partial charge in [-0.15, -0.1) is 0 Å². The molecule has 0 bridgehead atoms. The van der Waals surface area contributed by atoms with Crippen LogP contribution < -0.4 is 15.8 Å². The van der Waals surface area contributed by atoms with Crippen molar-refractivity contribution < 1.29 is 9.53 Å². The van der Waals surface area contributed by atoms with E-state index in [9.17, 15) is 4.79 Å². The maximum atomic E-state index is 11.8. The van der Waals surface area contributed by atoms with Crippen LogP contribution in [0.2, 0.25) is 0 Å². The Kier molecular flexibility index (Phi) is 4.88. The number of hydrogen-bond donors (Lipinski definition) is 2. The number of methoxy groups -OCH3 is 1. The van der Waals surface area contributed by atoms with Crippen LogP contribution in [0.3, 0.4) is 0 Å². The Balaban J connectivity index is 2.06. The molecule has 1 fully saturated rings. The van der Waals surface area contributed by atoms with E-state index in [4.69, 9.17) is 10.5 Å². The second-order valence-corrected chi connectivity index (χ2v) is 5.78. The van der Waals surface area contributed by atoms with Gasteiger partial charge in [-0.3, -0.25) is 4.79 Å². The molecule has 3 N–H and O–H groups in total. The summed E-state index contributed by atoms with van der Waals surface area (Å²) in [5.74, 6) is 1.55. The monoisotopic (exact) mass is 276 g/mol. The van der Waals surface area contributed by atoms with Gasteiger partial charge >= 0.3 is 0 Å². The van der Waals surface area contributed by atoms with E-state index in [1.54, 1.807) is 7.11 Å². The maximum absolute atomic E-state index is 11.8. The summed E-state index contributed by atoms with van der Waals surface area (Å²) in [6.45, 7) is 2.25. The average molecular weight is 276 g/mol. The second-order valence-electron chi connectivity index (χ2n) is 5.78. The van der Waals surface area contributed by atoms with Crippen molar-refractivity contribution in [1.29, 1.82) is 0 Å². The highest BCUT2D eigenvalue weighted by atomic mass is 16.5. The number of amides is 1. The van der Waals surface area contributed by atoms with Gasteiger partial charge in [0.2, 0.25) is 5.91 Å². The van der Waals surface area contributed by atoms with E-state index in [1.807, 2.05) is 24.3 Å². The van der Waals surface area contributed by atoms with Gasteiger partial charge in [-0.25, -0.2) is 0 Å². The lowest BCUT2D eigenvalue weighted by atomic mass is 9.78. The van der Waals surface area contributed by atoms with Crippen molar-refractivity contribution in [2.24, 2.45) is 17.6 Å². The van der Waals surface area contributed by atoms with Gasteiger partial charge in [-0.1, -0.05) is 19.8 Å². The SMILES string of the molecule is COc1ccc(NC(C(N)=O)C2CCCC(C)C2)cc1. The third-order valence-corrected chi connectivity index (χ3v) is 4.17. The molecule has 1 saturated carbocycles. The number of nitrogens with one attached hydrogen (secondary N) is 1. The fourth-order valence-corrected chi connectivity index (χ4v) is 3.07. The zero-order valence-electron chi connectivity index (χ0n) is 12.3. The largest absolute Gasteiger partial charge is 0.497 e. The van der Waals surface area contributed by atoms with E-state index in [0.29, 0.717) is 11.8 Å². The van der Waals surface area contributed by atoms with Crippen LogP contribution in [0.5, 0.6) is 5.75 Å². The molecule has 0 spiro atoms. The van der Waals surface area contributed by atoms with Crippen molar-refractivity contribution in [3.05, 3.63) is 24.3 Å². The van der Waals surface area contributed by atoms with E-state index >= 15 is 0 Å². The second kappa shape index (κ2) is 6.64. The molecule has 0 radical (unpaired) electrons. The zero-order chi connectivity index (χ0) is 14.5. The summed E-state index contributed by atoms with van der Waals surface area (Å²) >= 11 is 0. The minimum Gasteiger partial charge on any atom is -0.497 e. The van der Waals surface area contributed by atoms with Crippen LogP contribution in [0.1, 0.15) is 32.6 Å². The van der Waals surface area contributed by atoms with E-state index in [-0.39, 0.29) is 11.9 Å². The van der Waals surface area contributed by atoms with Crippen LogP contribution >= 0.6 is 0 Å². The first-order chi connectivity index (χ1) is 9.60. The molecule has 1 aromatic rings. The molecule has 1 aliphatic rings. The van der Waals surface area contributed by atoms with Gasteiger partial charge in [0.1, 0.15) is 11.8 Å². The number of carbonyl (C=O) groups is 1. The third-order valence-electron chi connectivity index (χ3n) is 4.17. The van der Waals surface area contributed by atoms with Crippen LogP contribution in [0, 0.1) is 11.8 Å². The number of nitrogens with two attached hydrogens (primary N) is 1. The molecule has 1 aliphatic carbocycles. The summed E-state index contributed by atoms with van der Waals surface area (Å²) < 4.78 is 5.13. The number of primary amides is 1. The van der Waals surface area contributed by atoms with Crippen molar-refractivity contribution in [3.8, 4) is 5.75 Å². The first-order valence-corrected chi connectivity index (χ1v) is 7.30. The van der Waals surface area contributed by atoms with Gasteiger partial charge in [0.15, 0.2) is 0 Å². The Bertz CT molecular complexity index is 444. The summed E-state index contributed by atoms with van der Waals surface area (Å²) in [5, 5.41) is 3.29. The number of anilines is 1. The van der Waals surface area contributed by atoms with Crippen molar-refractivity contribution in [1.82, 2.24) is 0 Å². The molecule has 4 nitrogen and oxygen atoms in total. The van der Waals surface area contributed by atoms with Crippen molar-refractivity contribution in [2.45, 2.75) is 38.6 Å². The smallest absolute Gasteiger partial charge is 0.240 e. The maximum Gasteiger partial charge on any atom is 0.240 e. The van der Waals surface area contributed by atoms with E-state index in [1.165, 1.54) is 12.8 Å². The van der Waals surface area contributed by atoms with Gasteiger partial charge in [0.05, 0.1) is 7.11 Å². The highest BCUT2D eigenvalue weighted by Gasteiger charge is 2.30. The zero-order valence-corrected chi connectivity index (χ0v) is 12.3. The lowest BCUT2D eigenvalue weighted by molar-refractivity contribution is -0.120. The number of benzene rings is 1. The molecule has 20 heavy (non-hydrogen) atoms. The number of rotatable bonds is 5. The summed E-state index contributed by atoms with van der Waals surface area (Å²) in [5.41, 5.74) is 6.50. The van der Waals surface area contributed by atoms with Crippen molar-refractivity contribution in [2.75, 3.05) is 12.4 Å². The lowest BCUT2D eigenvalue weighted by Gasteiger charge is -2.32. The molecule has 0 aliphatic heterocycles. The minimum absolute atomic E-state index is 0.264. The Labute approximate surface area is 120 Å². The molecular weight excluding hydrogens is 252 g/mol. The molecular formula is C16H24N2O2. The van der Waals surface area contributed by atoms with Gasteiger partial charge in [0, 0.05) is 5.69 Å². The quantitative estimate of drug-likeness (QED) is 0.869. The van der Waals surface area contributed by atoms with Gasteiger partial charge < -0.3 is 15.8 Å².